The van der Waals surface area contributed by atoms with Gasteiger partial charge in [0.1, 0.15) is 5.75 Å². The van der Waals surface area contributed by atoms with Crippen molar-refractivity contribution in [3.8, 4) is 5.75 Å². The second kappa shape index (κ2) is 12.0. The lowest BCUT2D eigenvalue weighted by Crippen LogP contribution is -2.10. The summed E-state index contributed by atoms with van der Waals surface area (Å²) in [5.74, 6) is 0.0274. The summed E-state index contributed by atoms with van der Waals surface area (Å²) in [6.07, 6.45) is 9.28. The lowest BCUT2D eigenvalue weighted by atomic mass is 9.93. The van der Waals surface area contributed by atoms with E-state index in [1.165, 1.54) is 37.9 Å². The van der Waals surface area contributed by atoms with Crippen molar-refractivity contribution in [2.45, 2.75) is 6.92 Å². The van der Waals surface area contributed by atoms with Crippen molar-refractivity contribution in [3.63, 3.8) is 0 Å². The van der Waals surface area contributed by atoms with Crippen molar-refractivity contribution in [3.05, 3.63) is 169 Å². The Bertz CT molecular complexity index is 2190. The van der Waals surface area contributed by atoms with Crippen molar-refractivity contribution in [2.75, 3.05) is 4.90 Å². The van der Waals surface area contributed by atoms with E-state index in [0.717, 1.165) is 34.3 Å². The summed E-state index contributed by atoms with van der Waals surface area (Å²) in [4.78, 5) is 13.7. The molecule has 3 nitrogen and oxygen atoms in total. The van der Waals surface area contributed by atoms with Crippen LogP contribution in [-0.2, 0) is 4.79 Å². The van der Waals surface area contributed by atoms with E-state index in [4.69, 9.17) is 4.74 Å². The molecule has 0 unspecified atom stereocenters. The molecule has 0 saturated carbocycles. The Morgan fingerprint density at radius 1 is 0.622 bits per heavy atom. The molecule has 0 bridgehead atoms. The fourth-order valence-electron chi connectivity index (χ4n) is 5.91. The largest absolute Gasteiger partial charge is 0.423 e. The van der Waals surface area contributed by atoms with E-state index in [2.05, 4.69) is 128 Å². The predicted octanol–water partition coefficient (Wildman–Crippen LogP) is 11.2. The Morgan fingerprint density at radius 2 is 1.16 bits per heavy atom. The molecule has 0 atom stereocenters. The second-order valence-electron chi connectivity index (χ2n) is 11.1. The standard InChI is InChI=1S/C42H31NO2/c1-3-40(44)45-37-25-15-31(16-26-37)8-5-4-7-30-13-23-36(24-14-30)43(35-21-11-29(2)12-22-35)39-28-20-34-18-17-32-9-6-10-33-19-27-38(39)42(34)41(32)33/h3-28H,1H2,2H3. The van der Waals surface area contributed by atoms with E-state index in [-0.39, 0.29) is 0 Å². The van der Waals surface area contributed by atoms with E-state index >= 15 is 0 Å². The molecule has 0 fully saturated rings. The molecule has 0 aliphatic heterocycles. The van der Waals surface area contributed by atoms with Crippen molar-refractivity contribution in [2.24, 2.45) is 0 Å². The zero-order valence-electron chi connectivity index (χ0n) is 25.0. The highest BCUT2D eigenvalue weighted by atomic mass is 16.5. The third-order valence-corrected chi connectivity index (χ3v) is 8.14. The first kappa shape index (κ1) is 27.9. The molecule has 0 saturated heterocycles. The fourth-order valence-corrected chi connectivity index (χ4v) is 5.91. The maximum atomic E-state index is 11.4. The van der Waals surface area contributed by atoms with Gasteiger partial charge < -0.3 is 9.64 Å². The topological polar surface area (TPSA) is 29.5 Å². The second-order valence-corrected chi connectivity index (χ2v) is 11.1. The molecule has 0 aliphatic rings. The highest BCUT2D eigenvalue weighted by Crippen LogP contribution is 2.43. The first-order chi connectivity index (χ1) is 22.1. The van der Waals surface area contributed by atoms with Crippen LogP contribution in [0.15, 0.2) is 152 Å². The van der Waals surface area contributed by atoms with Crippen LogP contribution in [0.5, 0.6) is 5.75 Å². The van der Waals surface area contributed by atoms with Crippen LogP contribution in [0.1, 0.15) is 16.7 Å². The molecule has 0 N–H and O–H groups in total. The molecule has 7 aromatic rings. The van der Waals surface area contributed by atoms with Gasteiger partial charge in [0.05, 0.1) is 5.69 Å². The summed E-state index contributed by atoms with van der Waals surface area (Å²) in [6, 6.07) is 44.8. The molecule has 0 spiro atoms. The Balaban J connectivity index is 1.20. The predicted molar refractivity (Wildman–Crippen MR) is 190 cm³/mol. The number of anilines is 3. The number of aryl methyl sites for hydroxylation is 1. The Kier molecular flexibility index (Phi) is 7.42. The number of benzene rings is 7. The number of carbonyl (C=O) groups excluding carboxylic acids is 1. The normalized spacial score (nSPS) is 11.7. The average molecular weight is 582 g/mol. The Hall–Kier alpha value is -5.93. The van der Waals surface area contributed by atoms with Crippen LogP contribution in [-0.4, -0.2) is 5.97 Å². The summed E-state index contributed by atoms with van der Waals surface area (Å²) in [5.41, 5.74) is 6.71. The minimum atomic E-state index is -0.467. The van der Waals surface area contributed by atoms with E-state index in [1.807, 2.05) is 30.4 Å². The molecule has 3 heteroatoms. The maximum Gasteiger partial charge on any atom is 0.335 e. The van der Waals surface area contributed by atoms with E-state index in [0.29, 0.717) is 5.75 Å². The van der Waals surface area contributed by atoms with Crippen LogP contribution < -0.4 is 9.64 Å². The van der Waals surface area contributed by atoms with Gasteiger partial charge in [-0.25, -0.2) is 4.79 Å². The molecule has 7 aromatic carbocycles. The van der Waals surface area contributed by atoms with Crippen LogP contribution >= 0.6 is 0 Å². The quantitative estimate of drug-likeness (QED) is 0.0588. The van der Waals surface area contributed by atoms with Crippen LogP contribution in [0.2, 0.25) is 0 Å². The number of ether oxygens (including phenoxy) is 1. The van der Waals surface area contributed by atoms with Crippen molar-refractivity contribution < 1.29 is 9.53 Å². The average Bonchev–Trinajstić information content (AvgIpc) is 3.08. The van der Waals surface area contributed by atoms with Crippen molar-refractivity contribution in [1.29, 1.82) is 0 Å². The van der Waals surface area contributed by atoms with E-state index in [9.17, 15) is 4.79 Å². The highest BCUT2D eigenvalue weighted by Gasteiger charge is 2.18. The van der Waals surface area contributed by atoms with E-state index in [1.54, 1.807) is 12.1 Å². The van der Waals surface area contributed by atoms with Crippen molar-refractivity contribution in [1.82, 2.24) is 0 Å². The third kappa shape index (κ3) is 5.60. The van der Waals surface area contributed by atoms with Gasteiger partial charge in [-0.1, -0.05) is 121 Å². The summed E-state index contributed by atoms with van der Waals surface area (Å²) in [5, 5.41) is 7.64. The number of hydrogen-bond acceptors (Lipinski definition) is 3. The lowest BCUT2D eigenvalue weighted by Gasteiger charge is -2.28. The SMILES string of the molecule is C=CC(=O)Oc1ccc(C=CC=Cc2ccc(N(c3ccc(C)cc3)c3ccc4ccc5cccc6ccc3c4c56)cc2)cc1. The Labute approximate surface area is 263 Å². The number of nitrogens with zero attached hydrogens (tertiary/aromatic N) is 1. The van der Waals surface area contributed by atoms with Gasteiger partial charge in [0, 0.05) is 22.8 Å². The Morgan fingerprint density at radius 3 is 1.78 bits per heavy atom. The lowest BCUT2D eigenvalue weighted by molar-refractivity contribution is -0.128. The minimum Gasteiger partial charge on any atom is -0.423 e. The molecule has 45 heavy (non-hydrogen) atoms. The molecule has 7 rings (SSSR count). The number of rotatable bonds is 8. The van der Waals surface area contributed by atoms with Gasteiger partial charge in [-0.2, -0.15) is 0 Å². The summed E-state index contributed by atoms with van der Waals surface area (Å²) >= 11 is 0. The fraction of sp³-hybridized carbons (Fsp3) is 0.0238. The smallest absolute Gasteiger partial charge is 0.335 e. The summed E-state index contributed by atoms with van der Waals surface area (Å²) in [7, 11) is 0. The van der Waals surface area contributed by atoms with Gasteiger partial charge >= 0.3 is 5.97 Å². The third-order valence-electron chi connectivity index (χ3n) is 8.14. The molecule has 0 aromatic heterocycles. The van der Waals surface area contributed by atoms with E-state index < -0.39 is 5.97 Å². The number of carbonyl (C=O) groups is 1. The van der Waals surface area contributed by atoms with Crippen molar-refractivity contribution >= 4 is 67.5 Å². The van der Waals surface area contributed by atoms with Gasteiger partial charge in [-0.3, -0.25) is 0 Å². The van der Waals surface area contributed by atoms with Gasteiger partial charge in [0.15, 0.2) is 0 Å². The maximum absolute atomic E-state index is 11.4. The highest BCUT2D eigenvalue weighted by molar-refractivity contribution is 6.25. The summed E-state index contributed by atoms with van der Waals surface area (Å²) < 4.78 is 5.14. The monoisotopic (exact) mass is 581 g/mol. The molecular formula is C42H31NO2. The summed E-state index contributed by atoms with van der Waals surface area (Å²) in [6.45, 7) is 5.54. The number of hydrogen-bond donors (Lipinski definition) is 0. The first-order valence-corrected chi connectivity index (χ1v) is 15.0. The molecule has 0 heterocycles. The van der Waals surface area contributed by atoms with Gasteiger partial charge in [-0.05, 0) is 87.4 Å². The van der Waals surface area contributed by atoms with Crippen LogP contribution in [0.4, 0.5) is 17.1 Å². The molecule has 0 amide bonds. The molecular weight excluding hydrogens is 550 g/mol. The van der Waals surface area contributed by atoms with Crippen LogP contribution in [0.3, 0.4) is 0 Å². The number of allylic oxidation sites excluding steroid dienone is 2. The van der Waals surface area contributed by atoms with Gasteiger partial charge in [-0.15, -0.1) is 0 Å². The first-order valence-electron chi connectivity index (χ1n) is 15.0. The minimum absolute atomic E-state index is 0.467. The van der Waals surface area contributed by atoms with Crippen LogP contribution in [0, 0.1) is 6.92 Å². The zero-order chi connectivity index (χ0) is 30.8. The van der Waals surface area contributed by atoms with Crippen LogP contribution in [0.25, 0.3) is 44.5 Å². The van der Waals surface area contributed by atoms with Gasteiger partial charge in [0.2, 0.25) is 0 Å². The molecule has 0 aliphatic carbocycles. The van der Waals surface area contributed by atoms with Gasteiger partial charge in [0.25, 0.3) is 0 Å². The molecule has 216 valence electrons. The zero-order valence-corrected chi connectivity index (χ0v) is 25.0. The molecule has 0 radical (unpaired) electrons. The number of esters is 1.